The van der Waals surface area contributed by atoms with Gasteiger partial charge in [-0.25, -0.2) is 9.78 Å². The van der Waals surface area contributed by atoms with Crippen LogP contribution >= 0.6 is 11.6 Å². The summed E-state index contributed by atoms with van der Waals surface area (Å²) >= 11 is 7.15. The molecule has 4 aromatic rings. The van der Waals surface area contributed by atoms with Gasteiger partial charge in [-0.05, 0) is 88.3 Å². The molecule has 5 heterocycles. The van der Waals surface area contributed by atoms with E-state index in [4.69, 9.17) is 35.5 Å². The predicted molar refractivity (Wildman–Crippen MR) is 223 cm³/mol. The molecule has 17 heteroatoms. The second-order valence-corrected chi connectivity index (χ2v) is 16.9. The maximum atomic E-state index is 14.6. The van der Waals surface area contributed by atoms with Crippen molar-refractivity contribution in [1.29, 1.82) is 0 Å². The van der Waals surface area contributed by atoms with Gasteiger partial charge < -0.3 is 39.8 Å². The summed E-state index contributed by atoms with van der Waals surface area (Å²) in [5.74, 6) is 0.0329. The molecule has 0 unspecified atom stereocenters. The number of carbonyl (C=O) groups is 2. The molecule has 3 N–H and O–H groups in total. The van der Waals surface area contributed by atoms with Crippen LogP contribution in [0.25, 0.3) is 22.5 Å². The predicted octanol–water partition coefficient (Wildman–Crippen LogP) is 8.28. The number of benzene rings is 1. The summed E-state index contributed by atoms with van der Waals surface area (Å²) in [6.45, 7) is 7.12. The fourth-order valence-electron chi connectivity index (χ4n) is 8.08. The highest BCUT2D eigenvalue weighted by atomic mass is 35.5. The van der Waals surface area contributed by atoms with Gasteiger partial charge >= 0.3 is 12.3 Å². The molecule has 2 saturated heterocycles. The van der Waals surface area contributed by atoms with E-state index in [-0.39, 0.29) is 55.2 Å². The van der Waals surface area contributed by atoms with Gasteiger partial charge in [0, 0.05) is 73.3 Å². The van der Waals surface area contributed by atoms with Crippen LogP contribution in [-0.2, 0) is 40.0 Å². The van der Waals surface area contributed by atoms with Gasteiger partial charge in [0.1, 0.15) is 11.4 Å². The zero-order valence-electron chi connectivity index (χ0n) is 34.9. The largest absolute Gasteiger partial charge is 0.481 e. The lowest BCUT2D eigenvalue weighted by Gasteiger charge is -2.29. The molecule has 2 aliphatic heterocycles. The van der Waals surface area contributed by atoms with Gasteiger partial charge in [0.15, 0.2) is 0 Å². The zero-order chi connectivity index (χ0) is 43.5. The van der Waals surface area contributed by atoms with Crippen LogP contribution in [0.2, 0.25) is 5.02 Å². The summed E-state index contributed by atoms with van der Waals surface area (Å²) in [7, 11) is 2.89. The first-order chi connectivity index (χ1) is 29.1. The maximum absolute atomic E-state index is 14.6. The Morgan fingerprint density at radius 1 is 0.967 bits per heavy atom. The number of ether oxygens (including phenoxy) is 4. The highest BCUT2D eigenvalue weighted by Gasteiger charge is 2.38. The van der Waals surface area contributed by atoms with E-state index in [0.29, 0.717) is 72.0 Å². The molecule has 1 aromatic carbocycles. The van der Waals surface area contributed by atoms with Crippen molar-refractivity contribution in [2.75, 3.05) is 39.3 Å². The molecular weight excluding hydrogens is 815 g/mol. The Labute approximate surface area is 358 Å². The van der Waals surface area contributed by atoms with Crippen LogP contribution in [0.3, 0.4) is 0 Å². The van der Waals surface area contributed by atoms with Crippen molar-refractivity contribution in [3.8, 4) is 34.3 Å². The van der Waals surface area contributed by atoms with Crippen LogP contribution < -0.4 is 25.4 Å². The standard InChI is InChI=1S/C44H51ClF3N7O6/c1-43(2,3)61-42(57)55(24-28-10-14-36(56)51-28)23-25-9-12-35(53-40(25)58-4)32-15-18-49-38(37(32)45)31-8-6-7-30-29(31)11-13-34(30)52-39-33(44(46,47)48)21-26(41(54-39)59-5)22-50-27-16-19-60-20-17-27/h6-9,12,15,18,21,27-28,34,50H,10-11,13-14,16-17,19-20,22-24H2,1-5H3,(H,51,56)(H,52,54)/t28-,34-/m0/s1. The van der Waals surface area contributed by atoms with Crippen LogP contribution in [0.4, 0.5) is 23.8 Å². The molecule has 0 saturated carbocycles. The first kappa shape index (κ1) is 43.9. The highest BCUT2D eigenvalue weighted by Crippen LogP contribution is 2.44. The van der Waals surface area contributed by atoms with Gasteiger partial charge in [0.05, 0.1) is 48.8 Å². The molecule has 7 rings (SSSR count). The number of nitrogens with one attached hydrogen (secondary N) is 3. The van der Waals surface area contributed by atoms with Crippen LogP contribution in [0.1, 0.15) is 86.7 Å². The van der Waals surface area contributed by atoms with Gasteiger partial charge in [-0.15, -0.1) is 0 Å². The van der Waals surface area contributed by atoms with E-state index in [1.54, 1.807) is 39.1 Å². The highest BCUT2D eigenvalue weighted by molar-refractivity contribution is 6.35. The lowest BCUT2D eigenvalue weighted by atomic mass is 9.98. The number of aromatic nitrogens is 3. The fourth-order valence-corrected chi connectivity index (χ4v) is 8.39. The Morgan fingerprint density at radius 2 is 1.72 bits per heavy atom. The molecule has 326 valence electrons. The van der Waals surface area contributed by atoms with Crippen molar-refractivity contribution < 1.29 is 41.7 Å². The summed E-state index contributed by atoms with van der Waals surface area (Å²) in [5, 5.41) is 9.68. The summed E-state index contributed by atoms with van der Waals surface area (Å²) in [4.78, 5) is 40.6. The van der Waals surface area contributed by atoms with Gasteiger partial charge in [-0.1, -0.05) is 29.8 Å². The van der Waals surface area contributed by atoms with Gasteiger partial charge in [0.25, 0.3) is 0 Å². The molecular formula is C44H51ClF3N7O6. The number of alkyl halides is 3. The maximum Gasteiger partial charge on any atom is 0.419 e. The number of pyridine rings is 3. The quantitative estimate of drug-likeness (QED) is 0.119. The van der Waals surface area contributed by atoms with Gasteiger partial charge in [-0.3, -0.25) is 9.78 Å². The van der Waals surface area contributed by atoms with Crippen molar-refractivity contribution >= 4 is 29.4 Å². The van der Waals surface area contributed by atoms with E-state index < -0.39 is 29.5 Å². The number of carbonyl (C=O) groups excluding carboxylic acids is 2. The summed E-state index contributed by atoms with van der Waals surface area (Å²) < 4.78 is 66.2. The molecule has 2 fully saturated rings. The second kappa shape index (κ2) is 18.4. The normalized spacial score (nSPS) is 18.1. The number of nitrogens with zero attached hydrogens (tertiary/aromatic N) is 4. The van der Waals surface area contributed by atoms with Gasteiger partial charge in [0.2, 0.25) is 17.7 Å². The Balaban J connectivity index is 1.14. The van der Waals surface area contributed by atoms with Crippen LogP contribution in [-0.4, -0.2) is 83.5 Å². The molecule has 0 spiro atoms. The van der Waals surface area contributed by atoms with Crippen molar-refractivity contribution in [3.05, 3.63) is 81.5 Å². The van der Waals surface area contributed by atoms with E-state index in [1.165, 1.54) is 19.1 Å². The molecule has 1 aliphatic carbocycles. The molecule has 0 bridgehead atoms. The molecule has 2 atom stereocenters. The number of hydrogen-bond donors (Lipinski definition) is 3. The third-order valence-electron chi connectivity index (χ3n) is 11.0. The fraction of sp³-hybridized carbons (Fsp3) is 0.477. The zero-order valence-corrected chi connectivity index (χ0v) is 35.6. The monoisotopic (exact) mass is 865 g/mol. The Bertz CT molecular complexity index is 2250. The smallest absolute Gasteiger partial charge is 0.419 e. The SMILES string of the molecule is COc1nc(-c2ccnc(-c3cccc4c3CC[C@@H]4Nc3nc(OC)c(CNC4CCOCC4)cc3C(F)(F)F)c2Cl)ccc1CN(C[C@@H]1CCC(=O)N1)C(=O)OC(C)(C)C. The van der Waals surface area contributed by atoms with Crippen LogP contribution in [0.15, 0.2) is 48.7 Å². The molecule has 3 aromatic heterocycles. The number of methoxy groups -OCH3 is 2. The van der Waals surface area contributed by atoms with Crippen molar-refractivity contribution in [1.82, 2.24) is 30.5 Å². The van der Waals surface area contributed by atoms with Crippen LogP contribution in [0, 0.1) is 0 Å². The molecule has 61 heavy (non-hydrogen) atoms. The number of amides is 2. The summed E-state index contributed by atoms with van der Waals surface area (Å²) in [5.41, 5.74) is 3.39. The lowest BCUT2D eigenvalue weighted by Crippen LogP contribution is -2.43. The van der Waals surface area contributed by atoms with Gasteiger partial charge in [-0.2, -0.15) is 18.2 Å². The minimum Gasteiger partial charge on any atom is -0.481 e. The third-order valence-corrected chi connectivity index (χ3v) is 11.4. The molecule has 2 amide bonds. The number of hydrogen-bond acceptors (Lipinski definition) is 11. The van der Waals surface area contributed by atoms with Crippen LogP contribution in [0.5, 0.6) is 11.8 Å². The Kier molecular flexibility index (Phi) is 13.3. The first-order valence-corrected chi connectivity index (χ1v) is 20.8. The van der Waals surface area contributed by atoms with E-state index in [2.05, 4.69) is 25.9 Å². The average molecular weight is 866 g/mol. The first-order valence-electron chi connectivity index (χ1n) is 20.4. The third kappa shape index (κ3) is 10.3. The topological polar surface area (TPSA) is 149 Å². The lowest BCUT2D eigenvalue weighted by molar-refractivity contribution is -0.137. The van der Waals surface area contributed by atoms with Crippen molar-refractivity contribution in [2.45, 2.75) is 102 Å². The Hall–Kier alpha value is -5.19. The van der Waals surface area contributed by atoms with E-state index in [1.807, 2.05) is 24.3 Å². The summed E-state index contributed by atoms with van der Waals surface area (Å²) in [6, 6.07) is 11.5. The minimum atomic E-state index is -4.67. The van der Waals surface area contributed by atoms with Crippen molar-refractivity contribution in [3.63, 3.8) is 0 Å². The number of rotatable bonds is 13. The number of halogens is 4. The second-order valence-electron chi connectivity index (χ2n) is 16.5. The Morgan fingerprint density at radius 3 is 2.41 bits per heavy atom. The molecule has 0 radical (unpaired) electrons. The molecule has 3 aliphatic rings. The average Bonchev–Trinajstić information content (AvgIpc) is 3.84. The van der Waals surface area contributed by atoms with E-state index in [9.17, 15) is 22.8 Å². The minimum absolute atomic E-state index is 0.0584. The van der Waals surface area contributed by atoms with E-state index >= 15 is 0 Å². The number of anilines is 1. The summed E-state index contributed by atoms with van der Waals surface area (Å²) in [6.07, 6.45) is 0.0367. The van der Waals surface area contributed by atoms with Crippen molar-refractivity contribution in [2.24, 2.45) is 0 Å². The number of fused-ring (bicyclic) bond motifs is 1. The van der Waals surface area contributed by atoms with E-state index in [0.717, 1.165) is 35.6 Å². The molecule has 13 nitrogen and oxygen atoms in total.